The van der Waals surface area contributed by atoms with Crippen molar-refractivity contribution in [1.82, 2.24) is 5.32 Å². The van der Waals surface area contributed by atoms with E-state index in [1.54, 1.807) is 18.2 Å². The van der Waals surface area contributed by atoms with E-state index in [4.69, 9.17) is 19.8 Å². The van der Waals surface area contributed by atoms with Crippen molar-refractivity contribution >= 4 is 28.9 Å². The second kappa shape index (κ2) is 9.76. The van der Waals surface area contributed by atoms with Gasteiger partial charge in [-0.25, -0.2) is 0 Å². The number of aliphatic imine (C=N–C) groups is 1. The van der Waals surface area contributed by atoms with Crippen LogP contribution in [0.4, 0.5) is 13.2 Å². The van der Waals surface area contributed by atoms with Gasteiger partial charge in [0.15, 0.2) is 16.7 Å². The molecule has 1 amide bonds. The Morgan fingerprint density at radius 2 is 1.97 bits per heavy atom. The number of methoxy groups -OCH3 is 1. The summed E-state index contributed by atoms with van der Waals surface area (Å²) in [5, 5.41) is 20.6. The van der Waals surface area contributed by atoms with Crippen molar-refractivity contribution in [2.75, 3.05) is 20.3 Å². The third-order valence-corrected chi connectivity index (χ3v) is 5.07. The molecule has 3 rings (SSSR count). The topological polar surface area (TPSA) is 104 Å². The van der Waals surface area contributed by atoms with E-state index in [0.717, 1.165) is 17.8 Å². The van der Waals surface area contributed by atoms with E-state index in [1.165, 1.54) is 25.3 Å². The van der Waals surface area contributed by atoms with Gasteiger partial charge in [0, 0.05) is 0 Å². The number of rotatable bonds is 6. The van der Waals surface area contributed by atoms with Crippen LogP contribution in [0.2, 0.25) is 0 Å². The fourth-order valence-corrected chi connectivity index (χ4v) is 3.54. The molecule has 1 aliphatic heterocycles. The molecule has 1 aliphatic rings. The van der Waals surface area contributed by atoms with Gasteiger partial charge in [-0.15, -0.1) is 0 Å². The van der Waals surface area contributed by atoms with Crippen molar-refractivity contribution in [3.63, 3.8) is 0 Å². The molecule has 2 N–H and O–H groups in total. The number of ether oxygens (including phenoxy) is 2. The largest absolute Gasteiger partial charge is 0.493 e. The highest BCUT2D eigenvalue weighted by Crippen LogP contribution is 2.41. The molecule has 1 saturated heterocycles. The van der Waals surface area contributed by atoms with Crippen LogP contribution in [0.5, 0.6) is 17.2 Å². The zero-order valence-corrected chi connectivity index (χ0v) is 17.4. The van der Waals surface area contributed by atoms with Gasteiger partial charge in [-0.3, -0.25) is 9.79 Å². The minimum Gasteiger partial charge on any atom is -0.493 e. The number of benzene rings is 2. The van der Waals surface area contributed by atoms with E-state index in [2.05, 4.69) is 10.3 Å². The Bertz CT molecular complexity index is 1140. The minimum absolute atomic E-state index is 0.0265. The van der Waals surface area contributed by atoms with Gasteiger partial charge in [0.25, 0.3) is 5.91 Å². The Hall–Kier alpha value is -3.49. The van der Waals surface area contributed by atoms with Crippen LogP contribution < -0.4 is 14.8 Å². The van der Waals surface area contributed by atoms with Crippen molar-refractivity contribution < 1.29 is 32.5 Å². The molecule has 7 nitrogen and oxygen atoms in total. The fraction of sp³-hybridized carbons (Fsp3) is 0.190. The second-order valence-corrected chi connectivity index (χ2v) is 7.34. The lowest BCUT2D eigenvalue weighted by molar-refractivity contribution is -0.138. The zero-order valence-electron chi connectivity index (χ0n) is 16.6. The number of carbonyl (C=O) groups is 1. The summed E-state index contributed by atoms with van der Waals surface area (Å²) in [5.41, 5.74) is -0.683. The molecule has 0 atom stereocenters. The maximum absolute atomic E-state index is 13.4. The molecule has 0 bridgehead atoms. The van der Waals surface area contributed by atoms with Crippen LogP contribution in [0, 0.1) is 11.3 Å². The van der Waals surface area contributed by atoms with Crippen LogP contribution in [-0.4, -0.2) is 36.4 Å². The SMILES string of the molecule is COc1cc(C=C2SC(=NCCO)NC2=O)ccc1Oc1ccc(C#N)cc1C(F)(F)F. The predicted molar refractivity (Wildman–Crippen MR) is 112 cm³/mol. The van der Waals surface area contributed by atoms with Gasteiger partial charge < -0.3 is 19.9 Å². The summed E-state index contributed by atoms with van der Waals surface area (Å²) >= 11 is 1.10. The lowest BCUT2D eigenvalue weighted by Gasteiger charge is -2.16. The number of alkyl halides is 3. The number of aliphatic hydroxyl groups excluding tert-OH is 1. The van der Waals surface area contributed by atoms with Gasteiger partial charge in [-0.2, -0.15) is 18.4 Å². The van der Waals surface area contributed by atoms with E-state index in [0.29, 0.717) is 21.7 Å². The second-order valence-electron chi connectivity index (χ2n) is 6.31. The number of carbonyl (C=O) groups excluding carboxylic acids is 1. The van der Waals surface area contributed by atoms with E-state index in [-0.39, 0.29) is 36.1 Å². The molecule has 166 valence electrons. The Kier molecular flexibility index (Phi) is 7.07. The molecule has 0 saturated carbocycles. The van der Waals surface area contributed by atoms with Crippen molar-refractivity contribution in [2.45, 2.75) is 6.18 Å². The zero-order chi connectivity index (χ0) is 23.3. The molecule has 0 spiro atoms. The number of nitrogens with zero attached hydrogens (tertiary/aromatic N) is 2. The number of nitriles is 1. The third kappa shape index (κ3) is 5.40. The fourth-order valence-electron chi connectivity index (χ4n) is 2.69. The molecule has 0 aliphatic carbocycles. The molecule has 0 unspecified atom stereocenters. The average Bonchev–Trinajstić information content (AvgIpc) is 3.11. The normalized spacial score (nSPS) is 16.2. The molecule has 2 aromatic rings. The Labute approximate surface area is 185 Å². The van der Waals surface area contributed by atoms with E-state index < -0.39 is 17.5 Å². The number of amidine groups is 1. The lowest BCUT2D eigenvalue weighted by Crippen LogP contribution is -2.20. The highest BCUT2D eigenvalue weighted by atomic mass is 32.2. The van der Waals surface area contributed by atoms with E-state index in [1.807, 2.05) is 0 Å². The van der Waals surface area contributed by atoms with Crippen molar-refractivity contribution in [3.05, 3.63) is 58.0 Å². The van der Waals surface area contributed by atoms with Gasteiger partial charge in [0.1, 0.15) is 5.75 Å². The lowest BCUT2D eigenvalue weighted by atomic mass is 10.1. The molecule has 0 radical (unpaired) electrons. The summed E-state index contributed by atoms with van der Waals surface area (Å²) in [6.07, 6.45) is -3.15. The smallest absolute Gasteiger partial charge is 0.420 e. The number of amides is 1. The Morgan fingerprint density at radius 3 is 2.62 bits per heavy atom. The number of hydrogen-bond donors (Lipinski definition) is 2. The first-order valence-corrected chi connectivity index (χ1v) is 9.90. The number of nitrogens with one attached hydrogen (secondary N) is 1. The quantitative estimate of drug-likeness (QED) is 0.630. The molecule has 2 aromatic carbocycles. The van der Waals surface area contributed by atoms with Crippen LogP contribution in [-0.2, 0) is 11.0 Å². The number of aliphatic hydroxyl groups is 1. The maximum Gasteiger partial charge on any atom is 0.420 e. The summed E-state index contributed by atoms with van der Waals surface area (Å²) in [6.45, 7) is 0.0118. The van der Waals surface area contributed by atoms with Crippen LogP contribution in [0.25, 0.3) is 6.08 Å². The molecule has 0 aromatic heterocycles. The maximum atomic E-state index is 13.4. The summed E-state index contributed by atoms with van der Waals surface area (Å²) in [6, 6.07) is 9.16. The summed E-state index contributed by atoms with van der Waals surface area (Å²) in [4.78, 5) is 16.4. The summed E-state index contributed by atoms with van der Waals surface area (Å²) in [7, 11) is 1.33. The van der Waals surface area contributed by atoms with E-state index in [9.17, 15) is 18.0 Å². The third-order valence-electron chi connectivity index (χ3n) is 4.13. The first-order valence-electron chi connectivity index (χ1n) is 9.08. The van der Waals surface area contributed by atoms with E-state index >= 15 is 0 Å². The Balaban J connectivity index is 1.89. The van der Waals surface area contributed by atoms with Crippen LogP contribution in [0.3, 0.4) is 0 Å². The number of hydrogen-bond acceptors (Lipinski definition) is 7. The molecule has 32 heavy (non-hydrogen) atoms. The number of thioether (sulfide) groups is 1. The van der Waals surface area contributed by atoms with Gasteiger partial charge in [0.2, 0.25) is 0 Å². The van der Waals surface area contributed by atoms with Crippen LogP contribution in [0.1, 0.15) is 16.7 Å². The molecular formula is C21H16F3N3O4S. The van der Waals surface area contributed by atoms with Gasteiger partial charge in [-0.05, 0) is 53.7 Å². The van der Waals surface area contributed by atoms with Crippen LogP contribution in [0.15, 0.2) is 46.3 Å². The van der Waals surface area contributed by atoms with Gasteiger partial charge in [-0.1, -0.05) is 6.07 Å². The first kappa shape index (κ1) is 23.2. The highest BCUT2D eigenvalue weighted by Gasteiger charge is 2.35. The van der Waals surface area contributed by atoms with Crippen molar-refractivity contribution in [3.8, 4) is 23.3 Å². The predicted octanol–water partition coefficient (Wildman–Crippen LogP) is 3.93. The standard InChI is InChI=1S/C21H16F3N3O4S/c1-30-17-9-12(10-18-19(29)27-20(32-18)26-6-7-28)2-5-16(17)31-15-4-3-13(11-25)8-14(15)21(22,23)24/h2-5,8-10,28H,6-7H2,1H3,(H,26,27,29). The van der Waals surface area contributed by atoms with Gasteiger partial charge >= 0.3 is 6.18 Å². The molecular weight excluding hydrogens is 447 g/mol. The van der Waals surface area contributed by atoms with Gasteiger partial charge in [0.05, 0.1) is 42.4 Å². The summed E-state index contributed by atoms with van der Waals surface area (Å²) < 4.78 is 50.9. The Morgan fingerprint density at radius 1 is 1.22 bits per heavy atom. The van der Waals surface area contributed by atoms with Crippen molar-refractivity contribution in [2.24, 2.45) is 4.99 Å². The van der Waals surface area contributed by atoms with Crippen LogP contribution >= 0.6 is 11.8 Å². The molecule has 1 heterocycles. The van der Waals surface area contributed by atoms with Crippen molar-refractivity contribution in [1.29, 1.82) is 5.26 Å². The minimum atomic E-state index is -4.72. The summed E-state index contributed by atoms with van der Waals surface area (Å²) in [5.74, 6) is -0.664. The number of halogens is 3. The molecule has 1 fully saturated rings. The first-order chi connectivity index (χ1) is 15.2. The average molecular weight is 463 g/mol. The monoisotopic (exact) mass is 463 g/mol. The highest BCUT2D eigenvalue weighted by molar-refractivity contribution is 8.18. The molecule has 11 heteroatoms.